The van der Waals surface area contributed by atoms with Crippen molar-refractivity contribution in [3.05, 3.63) is 30.0 Å². The van der Waals surface area contributed by atoms with E-state index in [1.165, 1.54) is 10.9 Å². The molecule has 0 aliphatic carbocycles. The van der Waals surface area contributed by atoms with Gasteiger partial charge in [-0.05, 0) is 30.8 Å². The largest absolute Gasteiger partial charge is 0.497 e. The van der Waals surface area contributed by atoms with Gasteiger partial charge in [-0.2, -0.15) is 0 Å². The zero-order chi connectivity index (χ0) is 13.9. The second-order valence-corrected chi connectivity index (χ2v) is 5.35. The van der Waals surface area contributed by atoms with E-state index in [0.717, 1.165) is 44.0 Å². The van der Waals surface area contributed by atoms with Crippen LogP contribution in [-0.4, -0.2) is 55.2 Å². The number of piperazine rings is 1. The van der Waals surface area contributed by atoms with Crippen LogP contribution in [0.5, 0.6) is 5.75 Å². The minimum atomic E-state index is 0.844. The second kappa shape index (κ2) is 5.83. The Bertz CT molecular complexity index is 572. The van der Waals surface area contributed by atoms with E-state index in [2.05, 4.69) is 45.7 Å². The third-order valence-electron chi connectivity index (χ3n) is 3.97. The van der Waals surface area contributed by atoms with Crippen LogP contribution in [0, 0.1) is 0 Å². The third kappa shape index (κ3) is 2.80. The number of likely N-dealkylation sites (N-methyl/N-ethyl adjacent to an activating group) is 1. The molecule has 1 saturated heterocycles. The van der Waals surface area contributed by atoms with Crippen molar-refractivity contribution in [2.45, 2.75) is 6.54 Å². The van der Waals surface area contributed by atoms with Gasteiger partial charge >= 0.3 is 0 Å². The maximum Gasteiger partial charge on any atom is 0.119 e. The number of aromatic amines is 1. The number of hydrazine groups is 1. The molecule has 0 atom stereocenters. The summed E-state index contributed by atoms with van der Waals surface area (Å²) in [5.74, 6) is 0.901. The molecule has 1 aliphatic rings. The first kappa shape index (κ1) is 13.4. The molecule has 5 nitrogen and oxygen atoms in total. The van der Waals surface area contributed by atoms with E-state index < -0.39 is 0 Å². The Morgan fingerprint density at radius 3 is 2.80 bits per heavy atom. The lowest BCUT2D eigenvalue weighted by Crippen LogP contribution is -2.50. The second-order valence-electron chi connectivity index (χ2n) is 5.35. The van der Waals surface area contributed by atoms with Gasteiger partial charge in [0, 0.05) is 49.8 Å². The average molecular weight is 274 g/mol. The van der Waals surface area contributed by atoms with Crippen LogP contribution in [0.4, 0.5) is 0 Å². The molecule has 108 valence electrons. The Kier molecular flexibility index (Phi) is 3.91. The molecule has 0 spiro atoms. The van der Waals surface area contributed by atoms with E-state index in [1.54, 1.807) is 7.11 Å². The minimum Gasteiger partial charge on any atom is -0.497 e. The number of ether oxygens (including phenoxy) is 1. The van der Waals surface area contributed by atoms with Crippen LogP contribution in [0.2, 0.25) is 0 Å². The summed E-state index contributed by atoms with van der Waals surface area (Å²) in [6, 6.07) is 6.14. The van der Waals surface area contributed by atoms with E-state index >= 15 is 0 Å². The minimum absolute atomic E-state index is 0.844. The third-order valence-corrected chi connectivity index (χ3v) is 3.97. The maximum absolute atomic E-state index is 5.30. The normalized spacial score (nSPS) is 17.7. The highest BCUT2D eigenvalue weighted by Crippen LogP contribution is 2.23. The molecule has 0 unspecified atom stereocenters. The summed E-state index contributed by atoms with van der Waals surface area (Å²) in [5, 5.41) is 3.53. The number of rotatable bonds is 4. The van der Waals surface area contributed by atoms with E-state index in [9.17, 15) is 0 Å². The number of nitrogens with zero attached hydrogens (tertiary/aromatic N) is 2. The predicted molar refractivity (Wildman–Crippen MR) is 80.8 cm³/mol. The van der Waals surface area contributed by atoms with Gasteiger partial charge in [0.15, 0.2) is 0 Å². The highest BCUT2D eigenvalue weighted by Gasteiger charge is 2.13. The van der Waals surface area contributed by atoms with Crippen LogP contribution in [0.1, 0.15) is 5.56 Å². The zero-order valence-electron chi connectivity index (χ0n) is 12.1. The standard InChI is InChI=1S/C15H22N4O/c1-18-5-7-19(8-6-18)17-11-12-10-16-15-4-3-13(20-2)9-14(12)15/h3-4,9-10,16-17H,5-8,11H2,1-2H3. The van der Waals surface area contributed by atoms with Crippen molar-refractivity contribution in [2.24, 2.45) is 0 Å². The molecule has 2 aromatic rings. The van der Waals surface area contributed by atoms with Crippen molar-refractivity contribution >= 4 is 10.9 Å². The number of benzene rings is 1. The van der Waals surface area contributed by atoms with Gasteiger partial charge in [-0.25, -0.2) is 5.01 Å². The van der Waals surface area contributed by atoms with Gasteiger partial charge in [-0.1, -0.05) is 0 Å². The van der Waals surface area contributed by atoms with Crippen LogP contribution < -0.4 is 10.2 Å². The number of aromatic nitrogens is 1. The summed E-state index contributed by atoms with van der Waals surface area (Å²) in [6.45, 7) is 5.23. The molecule has 2 heterocycles. The number of hydrogen-bond acceptors (Lipinski definition) is 4. The SMILES string of the molecule is COc1ccc2[nH]cc(CNN3CCN(C)CC3)c2c1. The fraction of sp³-hybridized carbons (Fsp3) is 0.467. The Balaban J connectivity index is 1.68. The molecule has 1 aromatic carbocycles. The van der Waals surface area contributed by atoms with Gasteiger partial charge in [-0.3, -0.25) is 5.43 Å². The van der Waals surface area contributed by atoms with Crippen LogP contribution in [0.3, 0.4) is 0 Å². The topological polar surface area (TPSA) is 43.5 Å². The number of nitrogens with one attached hydrogen (secondary N) is 2. The molecule has 1 fully saturated rings. The highest BCUT2D eigenvalue weighted by molar-refractivity contribution is 5.84. The van der Waals surface area contributed by atoms with Crippen molar-refractivity contribution in [1.29, 1.82) is 0 Å². The summed E-state index contributed by atoms with van der Waals surface area (Å²) in [5.41, 5.74) is 5.95. The molecular formula is C15H22N4O. The zero-order valence-corrected chi connectivity index (χ0v) is 12.1. The number of hydrogen-bond donors (Lipinski definition) is 2. The molecule has 1 aromatic heterocycles. The molecule has 0 saturated carbocycles. The quantitative estimate of drug-likeness (QED) is 0.885. The van der Waals surface area contributed by atoms with Crippen molar-refractivity contribution in [2.75, 3.05) is 40.3 Å². The first-order valence-electron chi connectivity index (χ1n) is 7.07. The first-order chi connectivity index (χ1) is 9.76. The van der Waals surface area contributed by atoms with Crippen LogP contribution in [-0.2, 0) is 6.54 Å². The lowest BCUT2D eigenvalue weighted by molar-refractivity contribution is 0.102. The summed E-state index contributed by atoms with van der Waals surface area (Å²) < 4.78 is 5.30. The molecule has 0 radical (unpaired) electrons. The van der Waals surface area contributed by atoms with E-state index in [4.69, 9.17) is 4.74 Å². The van der Waals surface area contributed by atoms with Gasteiger partial charge in [0.05, 0.1) is 7.11 Å². The monoisotopic (exact) mass is 274 g/mol. The fourth-order valence-electron chi connectivity index (χ4n) is 2.59. The molecule has 20 heavy (non-hydrogen) atoms. The van der Waals surface area contributed by atoms with Crippen LogP contribution >= 0.6 is 0 Å². The van der Waals surface area contributed by atoms with Gasteiger partial charge in [0.1, 0.15) is 5.75 Å². The van der Waals surface area contributed by atoms with Gasteiger partial charge in [-0.15, -0.1) is 0 Å². The van der Waals surface area contributed by atoms with Crippen LogP contribution in [0.15, 0.2) is 24.4 Å². The summed E-state index contributed by atoms with van der Waals surface area (Å²) >= 11 is 0. The van der Waals surface area contributed by atoms with Gasteiger partial charge in [0.25, 0.3) is 0 Å². The van der Waals surface area contributed by atoms with E-state index in [1.807, 2.05) is 6.07 Å². The Labute approximate surface area is 119 Å². The molecular weight excluding hydrogens is 252 g/mol. The summed E-state index contributed by atoms with van der Waals surface area (Å²) in [4.78, 5) is 5.67. The lowest BCUT2D eigenvalue weighted by Gasteiger charge is -2.32. The fourth-order valence-corrected chi connectivity index (χ4v) is 2.59. The van der Waals surface area contributed by atoms with E-state index in [-0.39, 0.29) is 0 Å². The highest BCUT2D eigenvalue weighted by atomic mass is 16.5. The molecule has 0 bridgehead atoms. The first-order valence-corrected chi connectivity index (χ1v) is 7.07. The smallest absolute Gasteiger partial charge is 0.119 e. The predicted octanol–water partition coefficient (Wildman–Crippen LogP) is 1.43. The average Bonchev–Trinajstić information content (AvgIpc) is 2.89. The Hall–Kier alpha value is -1.56. The van der Waals surface area contributed by atoms with Crippen molar-refractivity contribution in [1.82, 2.24) is 20.3 Å². The van der Waals surface area contributed by atoms with E-state index in [0.29, 0.717) is 0 Å². The van der Waals surface area contributed by atoms with Crippen molar-refractivity contribution < 1.29 is 4.74 Å². The molecule has 5 heteroatoms. The van der Waals surface area contributed by atoms with Crippen LogP contribution in [0.25, 0.3) is 10.9 Å². The number of methoxy groups -OCH3 is 1. The Morgan fingerprint density at radius 1 is 1.25 bits per heavy atom. The number of fused-ring (bicyclic) bond motifs is 1. The van der Waals surface area contributed by atoms with Gasteiger partial charge < -0.3 is 14.6 Å². The number of H-pyrrole nitrogens is 1. The molecule has 0 amide bonds. The lowest BCUT2D eigenvalue weighted by atomic mass is 10.1. The molecule has 3 rings (SSSR count). The molecule has 1 aliphatic heterocycles. The summed E-state index contributed by atoms with van der Waals surface area (Å²) in [7, 11) is 3.87. The van der Waals surface area contributed by atoms with Crippen molar-refractivity contribution in [3.63, 3.8) is 0 Å². The van der Waals surface area contributed by atoms with Crippen molar-refractivity contribution in [3.8, 4) is 5.75 Å². The summed E-state index contributed by atoms with van der Waals surface area (Å²) in [6.07, 6.45) is 2.08. The maximum atomic E-state index is 5.30. The van der Waals surface area contributed by atoms with Gasteiger partial charge in [0.2, 0.25) is 0 Å². The molecule has 2 N–H and O–H groups in total. The Morgan fingerprint density at radius 2 is 2.05 bits per heavy atom.